The lowest BCUT2D eigenvalue weighted by Gasteiger charge is -2.30. The fraction of sp³-hybridized carbons (Fsp3) is 0.417. The molecule has 0 N–H and O–H groups in total. The number of nitrogens with zero attached hydrogens (tertiary/aromatic N) is 4. The highest BCUT2D eigenvalue weighted by Gasteiger charge is 2.27. The average molecular weight is 407 g/mol. The first-order valence-corrected chi connectivity index (χ1v) is 10.6. The maximum Gasteiger partial charge on any atom is 0.227 e. The molecule has 0 bridgehead atoms. The molecule has 0 aliphatic carbocycles. The predicted octanol–water partition coefficient (Wildman–Crippen LogP) is 6.11. The van der Waals surface area contributed by atoms with Gasteiger partial charge in [0.1, 0.15) is 5.65 Å². The van der Waals surface area contributed by atoms with Gasteiger partial charge in [-0.1, -0.05) is 11.6 Å². The molecule has 0 atom stereocenters. The molecule has 1 saturated heterocycles. The van der Waals surface area contributed by atoms with E-state index in [0.717, 1.165) is 53.4 Å². The van der Waals surface area contributed by atoms with Crippen molar-refractivity contribution in [2.45, 2.75) is 53.5 Å². The fourth-order valence-electron chi connectivity index (χ4n) is 4.68. The van der Waals surface area contributed by atoms with Gasteiger partial charge in [-0.05, 0) is 69.5 Å². The fourth-order valence-corrected chi connectivity index (χ4v) is 5.01. The molecule has 0 unspecified atom stereocenters. The summed E-state index contributed by atoms with van der Waals surface area (Å²) in [5, 5.41) is 1.99. The van der Waals surface area contributed by atoms with E-state index in [-0.39, 0.29) is 6.04 Å². The standard InChI is InChI=1S/C24H27ClN4/c1-14-11-19(25)12-15(2)23(14)29-18(5)17(4)22-21(13-16(3)27-24(22)29)28-9-7-20(26-6)8-10-28/h11-13,20H,7-10H2,1-5H3. The molecule has 29 heavy (non-hydrogen) atoms. The van der Waals surface area contributed by atoms with E-state index in [1.54, 1.807) is 0 Å². The second-order valence-electron chi connectivity index (χ2n) is 8.26. The minimum atomic E-state index is 0.163. The van der Waals surface area contributed by atoms with E-state index in [1.165, 1.54) is 28.0 Å². The Bertz CT molecular complexity index is 1120. The van der Waals surface area contributed by atoms with Crippen molar-refractivity contribution >= 4 is 28.3 Å². The summed E-state index contributed by atoms with van der Waals surface area (Å²) in [6.45, 7) is 19.8. The summed E-state index contributed by atoms with van der Waals surface area (Å²) in [7, 11) is 0. The number of anilines is 1. The van der Waals surface area contributed by atoms with Gasteiger partial charge in [-0.2, -0.15) is 0 Å². The van der Waals surface area contributed by atoms with Crippen LogP contribution < -0.4 is 4.90 Å². The summed E-state index contributed by atoms with van der Waals surface area (Å²) in [5.41, 5.74) is 9.22. The van der Waals surface area contributed by atoms with Gasteiger partial charge >= 0.3 is 0 Å². The van der Waals surface area contributed by atoms with Crippen molar-refractivity contribution in [2.24, 2.45) is 0 Å². The van der Waals surface area contributed by atoms with E-state index < -0.39 is 0 Å². The van der Waals surface area contributed by atoms with E-state index in [0.29, 0.717) is 0 Å². The summed E-state index contributed by atoms with van der Waals surface area (Å²) in [4.78, 5) is 11.2. The third-order valence-electron chi connectivity index (χ3n) is 6.24. The number of aromatic nitrogens is 2. The lowest BCUT2D eigenvalue weighted by molar-refractivity contribution is 0.549. The molecule has 0 amide bonds. The quantitative estimate of drug-likeness (QED) is 0.480. The van der Waals surface area contributed by atoms with E-state index in [2.05, 4.69) is 55.0 Å². The van der Waals surface area contributed by atoms with Crippen molar-refractivity contribution in [2.75, 3.05) is 18.0 Å². The smallest absolute Gasteiger partial charge is 0.227 e. The largest absolute Gasteiger partial charge is 0.370 e. The lowest BCUT2D eigenvalue weighted by atomic mass is 10.0. The molecule has 150 valence electrons. The molecule has 1 aromatic carbocycles. The van der Waals surface area contributed by atoms with Gasteiger partial charge in [0.15, 0.2) is 0 Å². The van der Waals surface area contributed by atoms with Gasteiger partial charge in [-0.25, -0.2) is 11.6 Å². The van der Waals surface area contributed by atoms with Crippen molar-refractivity contribution < 1.29 is 0 Å². The number of hydrogen-bond donors (Lipinski definition) is 0. The zero-order valence-corrected chi connectivity index (χ0v) is 18.6. The Balaban J connectivity index is 1.95. The predicted molar refractivity (Wildman–Crippen MR) is 122 cm³/mol. The molecule has 1 fully saturated rings. The first-order chi connectivity index (χ1) is 13.8. The van der Waals surface area contributed by atoms with Crippen LogP contribution in [-0.4, -0.2) is 28.7 Å². The number of fused-ring (bicyclic) bond motifs is 1. The van der Waals surface area contributed by atoms with Crippen molar-refractivity contribution in [1.82, 2.24) is 9.55 Å². The second-order valence-corrected chi connectivity index (χ2v) is 8.70. The van der Waals surface area contributed by atoms with E-state index in [9.17, 15) is 0 Å². The van der Waals surface area contributed by atoms with Gasteiger partial charge in [0.05, 0.1) is 5.69 Å². The van der Waals surface area contributed by atoms with Crippen molar-refractivity contribution in [3.8, 4) is 5.69 Å². The molecular formula is C24H27ClN4. The van der Waals surface area contributed by atoms with Crippen LogP contribution in [0.5, 0.6) is 0 Å². The van der Waals surface area contributed by atoms with E-state index in [4.69, 9.17) is 23.2 Å². The molecule has 5 heteroatoms. The van der Waals surface area contributed by atoms with Crippen LogP contribution in [0, 0.1) is 41.2 Å². The highest BCUT2D eigenvalue weighted by molar-refractivity contribution is 6.30. The highest BCUT2D eigenvalue weighted by atomic mass is 35.5. The Kier molecular flexibility index (Phi) is 5.04. The van der Waals surface area contributed by atoms with Crippen LogP contribution in [0.3, 0.4) is 0 Å². The van der Waals surface area contributed by atoms with Crippen LogP contribution in [0.2, 0.25) is 5.02 Å². The minimum absolute atomic E-state index is 0.163. The van der Waals surface area contributed by atoms with Crippen LogP contribution in [0.4, 0.5) is 5.69 Å². The van der Waals surface area contributed by atoms with Gasteiger partial charge in [-0.15, -0.1) is 0 Å². The Hall–Kier alpha value is -2.51. The summed E-state index contributed by atoms with van der Waals surface area (Å²) in [6, 6.07) is 6.42. The number of pyridine rings is 1. The van der Waals surface area contributed by atoms with E-state index >= 15 is 0 Å². The number of benzene rings is 1. The van der Waals surface area contributed by atoms with Crippen molar-refractivity contribution in [1.29, 1.82) is 0 Å². The number of halogens is 1. The van der Waals surface area contributed by atoms with Gasteiger partial charge in [0.25, 0.3) is 0 Å². The van der Waals surface area contributed by atoms with Gasteiger partial charge < -0.3 is 9.74 Å². The van der Waals surface area contributed by atoms with Crippen LogP contribution in [0.1, 0.15) is 40.9 Å². The molecule has 1 aliphatic heterocycles. The number of rotatable bonds is 2. The molecule has 3 heterocycles. The van der Waals surface area contributed by atoms with Gasteiger partial charge in [-0.3, -0.25) is 4.57 Å². The average Bonchev–Trinajstić information content (AvgIpc) is 2.92. The molecular weight excluding hydrogens is 380 g/mol. The number of aryl methyl sites for hydroxylation is 4. The molecule has 0 saturated carbocycles. The zero-order valence-electron chi connectivity index (χ0n) is 17.8. The molecule has 0 radical (unpaired) electrons. The zero-order chi connectivity index (χ0) is 20.9. The summed E-state index contributed by atoms with van der Waals surface area (Å²) in [5.74, 6) is 0. The normalized spacial score (nSPS) is 15.1. The second kappa shape index (κ2) is 7.39. The van der Waals surface area contributed by atoms with Gasteiger partial charge in [0.2, 0.25) is 6.04 Å². The first-order valence-electron chi connectivity index (χ1n) is 10.2. The summed E-state index contributed by atoms with van der Waals surface area (Å²) >= 11 is 6.30. The van der Waals surface area contributed by atoms with E-state index in [1.807, 2.05) is 12.1 Å². The monoisotopic (exact) mass is 406 g/mol. The maximum atomic E-state index is 7.33. The van der Waals surface area contributed by atoms with Crippen LogP contribution >= 0.6 is 11.6 Å². The third-order valence-corrected chi connectivity index (χ3v) is 6.46. The summed E-state index contributed by atoms with van der Waals surface area (Å²) in [6.07, 6.45) is 1.86. The first kappa shape index (κ1) is 19.8. The maximum absolute atomic E-state index is 7.33. The van der Waals surface area contributed by atoms with Crippen LogP contribution in [0.25, 0.3) is 21.6 Å². The molecule has 2 aromatic heterocycles. The van der Waals surface area contributed by atoms with Crippen molar-refractivity contribution in [3.05, 3.63) is 62.7 Å². The lowest BCUT2D eigenvalue weighted by Crippen LogP contribution is -2.35. The van der Waals surface area contributed by atoms with Crippen molar-refractivity contribution in [3.63, 3.8) is 0 Å². The Morgan fingerprint density at radius 2 is 1.66 bits per heavy atom. The van der Waals surface area contributed by atoms with Crippen LogP contribution in [0.15, 0.2) is 18.2 Å². The molecule has 1 aliphatic rings. The third kappa shape index (κ3) is 3.28. The molecule has 4 rings (SSSR count). The number of hydrogen-bond acceptors (Lipinski definition) is 2. The SMILES string of the molecule is [C-]#[N+]C1CCN(c2cc(C)nc3c2c(C)c(C)n3-c2c(C)cc(Cl)cc2C)CC1. The molecule has 4 nitrogen and oxygen atoms in total. The van der Waals surface area contributed by atoms with Crippen LogP contribution in [-0.2, 0) is 0 Å². The Labute approximate surface area is 177 Å². The number of piperidine rings is 1. The Morgan fingerprint density at radius 3 is 2.24 bits per heavy atom. The molecule has 3 aromatic rings. The molecule has 0 spiro atoms. The topological polar surface area (TPSA) is 25.4 Å². The highest BCUT2D eigenvalue weighted by Crippen LogP contribution is 2.38. The minimum Gasteiger partial charge on any atom is -0.370 e. The van der Waals surface area contributed by atoms with Gasteiger partial charge in [0, 0.05) is 53.4 Å². The summed E-state index contributed by atoms with van der Waals surface area (Å²) < 4.78 is 2.30. The Morgan fingerprint density at radius 1 is 1.03 bits per heavy atom.